The Kier molecular flexibility index (Phi) is 4.93. The van der Waals surface area contributed by atoms with Crippen molar-refractivity contribution in [1.29, 1.82) is 0 Å². The van der Waals surface area contributed by atoms with Gasteiger partial charge in [-0.25, -0.2) is 0 Å². The summed E-state index contributed by atoms with van der Waals surface area (Å²) < 4.78 is 5.28. The number of thioether (sulfide) groups is 1. The zero-order chi connectivity index (χ0) is 15.5. The van der Waals surface area contributed by atoms with E-state index in [1.165, 1.54) is 12.8 Å². The Morgan fingerprint density at radius 1 is 1.41 bits per heavy atom. The first-order valence-electron chi connectivity index (χ1n) is 7.92. The van der Waals surface area contributed by atoms with Gasteiger partial charge in [-0.2, -0.15) is 11.8 Å². The molecule has 0 aromatic heterocycles. The molecule has 5 heteroatoms. The number of methoxy groups -OCH3 is 1. The van der Waals surface area contributed by atoms with Crippen molar-refractivity contribution in [1.82, 2.24) is 4.90 Å². The van der Waals surface area contributed by atoms with Crippen LogP contribution in [0.3, 0.4) is 0 Å². The van der Waals surface area contributed by atoms with Crippen LogP contribution in [-0.2, 0) is 4.79 Å². The number of carbonyl (C=O) groups excluding carboxylic acids is 1. The molecule has 0 spiro atoms. The Labute approximate surface area is 136 Å². The van der Waals surface area contributed by atoms with Crippen molar-refractivity contribution in [3.8, 4) is 5.75 Å². The Hall–Kier alpha value is -1.20. The topological polar surface area (TPSA) is 55.6 Å². The van der Waals surface area contributed by atoms with E-state index in [-0.39, 0.29) is 17.9 Å². The summed E-state index contributed by atoms with van der Waals surface area (Å²) in [4.78, 5) is 14.2. The molecule has 1 aliphatic carbocycles. The quantitative estimate of drug-likeness (QED) is 0.872. The van der Waals surface area contributed by atoms with Crippen LogP contribution in [-0.4, -0.2) is 48.6 Å². The van der Waals surface area contributed by atoms with Crippen LogP contribution in [0, 0.1) is 5.92 Å². The smallest absolute Gasteiger partial charge is 0.232 e. The third-order valence-electron chi connectivity index (χ3n) is 4.52. The zero-order valence-corrected chi connectivity index (χ0v) is 13.8. The Morgan fingerprint density at radius 3 is 2.95 bits per heavy atom. The Morgan fingerprint density at radius 2 is 2.23 bits per heavy atom. The van der Waals surface area contributed by atoms with Gasteiger partial charge >= 0.3 is 0 Å². The van der Waals surface area contributed by atoms with Crippen molar-refractivity contribution in [3.05, 3.63) is 29.8 Å². The van der Waals surface area contributed by atoms with Gasteiger partial charge in [-0.05, 0) is 42.2 Å². The number of likely N-dealkylation sites (tertiary alicyclic amines) is 1. The van der Waals surface area contributed by atoms with Gasteiger partial charge < -0.3 is 15.4 Å². The highest BCUT2D eigenvalue weighted by molar-refractivity contribution is 7.99. The number of carbonyl (C=O) groups is 1. The molecular weight excluding hydrogens is 296 g/mol. The molecule has 1 heterocycles. The molecular formula is C17H24N2O2S. The third-order valence-corrected chi connectivity index (χ3v) is 5.67. The zero-order valence-electron chi connectivity index (χ0n) is 13.0. The van der Waals surface area contributed by atoms with Crippen LogP contribution in [0.4, 0.5) is 0 Å². The molecule has 0 radical (unpaired) electrons. The minimum Gasteiger partial charge on any atom is -0.497 e. The van der Waals surface area contributed by atoms with Crippen molar-refractivity contribution in [3.63, 3.8) is 0 Å². The molecule has 4 nitrogen and oxygen atoms in total. The fraction of sp³-hybridized carbons (Fsp3) is 0.588. The second-order valence-corrected chi connectivity index (χ2v) is 7.33. The molecule has 2 atom stereocenters. The van der Waals surface area contributed by atoms with Gasteiger partial charge in [-0.3, -0.25) is 4.79 Å². The van der Waals surface area contributed by atoms with Gasteiger partial charge in [0, 0.05) is 25.0 Å². The maximum Gasteiger partial charge on any atom is 0.232 e. The van der Waals surface area contributed by atoms with Crippen molar-refractivity contribution >= 4 is 17.7 Å². The molecule has 1 aromatic carbocycles. The molecule has 0 bridgehead atoms. The molecule has 2 aliphatic rings. The lowest BCUT2D eigenvalue weighted by Crippen LogP contribution is -2.33. The van der Waals surface area contributed by atoms with Crippen molar-refractivity contribution in [2.45, 2.75) is 24.8 Å². The van der Waals surface area contributed by atoms with Crippen LogP contribution >= 0.6 is 11.8 Å². The fourth-order valence-electron chi connectivity index (χ4n) is 2.95. The first-order chi connectivity index (χ1) is 10.7. The summed E-state index contributed by atoms with van der Waals surface area (Å²) >= 11 is 1.77. The molecule has 2 N–H and O–H groups in total. The summed E-state index contributed by atoms with van der Waals surface area (Å²) in [6.45, 7) is 1.38. The van der Waals surface area contributed by atoms with Crippen molar-refractivity contribution < 1.29 is 9.53 Å². The summed E-state index contributed by atoms with van der Waals surface area (Å²) in [5.74, 6) is 3.86. The molecule has 2 unspecified atom stereocenters. The van der Waals surface area contributed by atoms with Gasteiger partial charge in [0.15, 0.2) is 0 Å². The van der Waals surface area contributed by atoms with Gasteiger partial charge in [-0.1, -0.05) is 12.1 Å². The minimum absolute atomic E-state index is 0.00416. The van der Waals surface area contributed by atoms with Gasteiger partial charge in [-0.15, -0.1) is 0 Å². The Bertz CT molecular complexity index is 533. The second-order valence-electron chi connectivity index (χ2n) is 6.30. The standard InChI is InChI=1S/C17H24N2O2S/c1-21-14-4-2-3-13(7-14)15-8-19(9-16(15)18)17(20)11-22-10-12-5-6-12/h2-4,7,12,15-16H,5-6,8-11,18H2,1H3. The monoisotopic (exact) mass is 320 g/mol. The first-order valence-corrected chi connectivity index (χ1v) is 9.08. The van der Waals surface area contributed by atoms with E-state index in [0.29, 0.717) is 12.3 Å². The van der Waals surface area contributed by atoms with E-state index in [4.69, 9.17) is 10.5 Å². The Balaban J connectivity index is 1.56. The van der Waals surface area contributed by atoms with E-state index in [1.54, 1.807) is 18.9 Å². The number of amides is 1. The largest absolute Gasteiger partial charge is 0.497 e. The van der Waals surface area contributed by atoms with E-state index in [9.17, 15) is 4.79 Å². The molecule has 1 saturated carbocycles. The first kappa shape index (κ1) is 15.7. The fourth-order valence-corrected chi connectivity index (χ4v) is 4.09. The number of ether oxygens (including phenoxy) is 1. The van der Waals surface area contributed by atoms with Crippen LogP contribution in [0.25, 0.3) is 0 Å². The number of rotatable bonds is 6. The highest BCUT2D eigenvalue weighted by Crippen LogP contribution is 2.33. The van der Waals surface area contributed by atoms with Crippen LogP contribution in [0.15, 0.2) is 24.3 Å². The lowest BCUT2D eigenvalue weighted by Gasteiger charge is -2.16. The predicted molar refractivity (Wildman–Crippen MR) is 90.3 cm³/mol. The highest BCUT2D eigenvalue weighted by Gasteiger charge is 2.34. The van der Waals surface area contributed by atoms with Crippen molar-refractivity contribution in [2.24, 2.45) is 11.7 Å². The number of hydrogen-bond acceptors (Lipinski definition) is 4. The van der Waals surface area contributed by atoms with Crippen molar-refractivity contribution in [2.75, 3.05) is 31.7 Å². The molecule has 22 heavy (non-hydrogen) atoms. The van der Waals surface area contributed by atoms with E-state index < -0.39 is 0 Å². The summed E-state index contributed by atoms with van der Waals surface area (Å²) in [6, 6.07) is 8.02. The highest BCUT2D eigenvalue weighted by atomic mass is 32.2. The maximum absolute atomic E-state index is 12.3. The van der Waals surface area contributed by atoms with Gasteiger partial charge in [0.25, 0.3) is 0 Å². The minimum atomic E-state index is 0.00416. The van der Waals surface area contributed by atoms with E-state index in [0.717, 1.165) is 29.5 Å². The van der Waals surface area contributed by atoms with Crippen LogP contribution in [0.1, 0.15) is 24.3 Å². The van der Waals surface area contributed by atoms with E-state index >= 15 is 0 Å². The maximum atomic E-state index is 12.3. The summed E-state index contributed by atoms with van der Waals surface area (Å²) in [6.07, 6.45) is 2.68. The molecule has 1 aromatic rings. The van der Waals surface area contributed by atoms with Crippen LogP contribution in [0.2, 0.25) is 0 Å². The van der Waals surface area contributed by atoms with E-state index in [2.05, 4.69) is 6.07 Å². The molecule has 1 aliphatic heterocycles. The summed E-state index contributed by atoms with van der Waals surface area (Å²) in [5, 5.41) is 0. The molecule has 3 rings (SSSR count). The lowest BCUT2D eigenvalue weighted by atomic mass is 9.95. The average molecular weight is 320 g/mol. The van der Waals surface area contributed by atoms with Crippen LogP contribution in [0.5, 0.6) is 5.75 Å². The number of nitrogens with two attached hydrogens (primary N) is 1. The molecule has 1 saturated heterocycles. The predicted octanol–water partition coefficient (Wildman–Crippen LogP) is 2.09. The molecule has 1 amide bonds. The molecule has 120 valence electrons. The number of benzene rings is 1. The van der Waals surface area contributed by atoms with Crippen LogP contribution < -0.4 is 10.5 Å². The summed E-state index contributed by atoms with van der Waals surface area (Å²) in [5.41, 5.74) is 7.44. The normalized spacial score (nSPS) is 24.5. The second kappa shape index (κ2) is 6.92. The van der Waals surface area contributed by atoms with Gasteiger partial charge in [0.2, 0.25) is 5.91 Å². The number of hydrogen-bond donors (Lipinski definition) is 1. The summed E-state index contributed by atoms with van der Waals surface area (Å²) in [7, 11) is 1.67. The lowest BCUT2D eigenvalue weighted by molar-refractivity contribution is -0.127. The number of nitrogens with zero attached hydrogens (tertiary/aromatic N) is 1. The molecule has 2 fully saturated rings. The average Bonchev–Trinajstić information content (AvgIpc) is 3.27. The third kappa shape index (κ3) is 3.76. The van der Waals surface area contributed by atoms with Gasteiger partial charge in [0.05, 0.1) is 12.9 Å². The van der Waals surface area contributed by atoms with E-state index in [1.807, 2.05) is 23.1 Å². The SMILES string of the molecule is COc1cccc(C2CN(C(=O)CSCC3CC3)CC2N)c1. The van der Waals surface area contributed by atoms with Gasteiger partial charge in [0.1, 0.15) is 5.75 Å².